The molecule has 0 unspecified atom stereocenters. The fourth-order valence-corrected chi connectivity index (χ4v) is 5.77. The second-order valence-corrected chi connectivity index (χ2v) is 10.4. The van der Waals surface area contributed by atoms with Crippen LogP contribution in [0.5, 0.6) is 0 Å². The first-order valence-electron chi connectivity index (χ1n) is 11.4. The van der Waals surface area contributed by atoms with Crippen molar-refractivity contribution >= 4 is 35.1 Å². The number of hydrogen-bond acceptors (Lipinski definition) is 6. The van der Waals surface area contributed by atoms with Crippen LogP contribution in [-0.4, -0.2) is 55.9 Å². The van der Waals surface area contributed by atoms with Gasteiger partial charge in [0.15, 0.2) is 11.0 Å². The molecule has 174 valence electrons. The van der Waals surface area contributed by atoms with Crippen LogP contribution in [0.25, 0.3) is 11.4 Å². The fourth-order valence-electron chi connectivity index (χ4n) is 3.98. The molecule has 1 aromatic heterocycles. The number of amides is 1. The molecular formula is C25H31N5OS2. The largest absolute Gasteiger partial charge is 0.325 e. The summed E-state index contributed by atoms with van der Waals surface area (Å²) >= 11 is 3.44. The molecule has 0 saturated carbocycles. The highest BCUT2D eigenvalue weighted by atomic mass is 32.2. The highest BCUT2D eigenvalue weighted by Crippen LogP contribution is 2.26. The first kappa shape index (κ1) is 23.9. The van der Waals surface area contributed by atoms with E-state index < -0.39 is 0 Å². The Bertz CT molecular complexity index is 1110. The number of nitrogens with zero attached hydrogens (tertiary/aromatic N) is 4. The number of rotatable bonds is 8. The normalized spacial score (nSPS) is 14.4. The summed E-state index contributed by atoms with van der Waals surface area (Å²) in [5.41, 5.74) is 5.54. The van der Waals surface area contributed by atoms with Gasteiger partial charge in [0.1, 0.15) is 0 Å². The van der Waals surface area contributed by atoms with Crippen LogP contribution < -0.4 is 5.32 Å². The molecule has 0 atom stereocenters. The van der Waals surface area contributed by atoms with Crippen molar-refractivity contribution in [2.45, 2.75) is 39.0 Å². The lowest BCUT2D eigenvalue weighted by atomic mass is 10.1. The number of carbonyl (C=O) groups excluding carboxylic acids is 1. The molecule has 2 heterocycles. The smallest absolute Gasteiger partial charge is 0.234 e. The zero-order chi connectivity index (χ0) is 23.2. The molecule has 33 heavy (non-hydrogen) atoms. The maximum atomic E-state index is 12.8. The molecule has 1 saturated heterocycles. The molecule has 2 aromatic carbocycles. The van der Waals surface area contributed by atoms with E-state index in [9.17, 15) is 4.79 Å². The Morgan fingerprint density at radius 3 is 2.67 bits per heavy atom. The van der Waals surface area contributed by atoms with Gasteiger partial charge in [0.05, 0.1) is 5.75 Å². The van der Waals surface area contributed by atoms with Crippen molar-refractivity contribution in [1.29, 1.82) is 0 Å². The molecule has 0 radical (unpaired) electrons. The summed E-state index contributed by atoms with van der Waals surface area (Å²) in [5.74, 6) is 3.49. The lowest BCUT2D eigenvalue weighted by molar-refractivity contribution is -0.113. The highest BCUT2D eigenvalue weighted by molar-refractivity contribution is 7.99. The van der Waals surface area contributed by atoms with E-state index in [0.717, 1.165) is 54.0 Å². The van der Waals surface area contributed by atoms with E-state index in [-0.39, 0.29) is 5.91 Å². The first-order valence-corrected chi connectivity index (χ1v) is 13.5. The number of aryl methyl sites for hydroxylation is 1. The van der Waals surface area contributed by atoms with E-state index >= 15 is 0 Å². The van der Waals surface area contributed by atoms with Crippen LogP contribution in [0.2, 0.25) is 0 Å². The lowest BCUT2D eigenvalue weighted by Gasteiger charge is -2.27. The summed E-state index contributed by atoms with van der Waals surface area (Å²) in [6.45, 7) is 10.2. The number of benzene rings is 2. The summed E-state index contributed by atoms with van der Waals surface area (Å²) in [6.07, 6.45) is 0. The van der Waals surface area contributed by atoms with Crippen LogP contribution >= 0.6 is 23.5 Å². The standard InChI is InChI=1S/C25H31N5OS2/c1-4-30-24(20-8-5-7-18(2)15-20)27-28-25(30)33-17-23(31)26-22-10-6-9-21(19(22)3)16-29-11-13-32-14-12-29/h5-10,15H,4,11-14,16-17H2,1-3H3,(H,26,31). The molecule has 6 nitrogen and oxygen atoms in total. The Morgan fingerprint density at radius 2 is 1.91 bits per heavy atom. The van der Waals surface area contributed by atoms with E-state index in [1.54, 1.807) is 0 Å². The predicted octanol–water partition coefficient (Wildman–Crippen LogP) is 4.86. The second kappa shape index (κ2) is 11.2. The van der Waals surface area contributed by atoms with Crippen molar-refractivity contribution in [3.05, 3.63) is 59.2 Å². The van der Waals surface area contributed by atoms with E-state index in [0.29, 0.717) is 5.75 Å². The average Bonchev–Trinajstić information content (AvgIpc) is 3.24. The minimum atomic E-state index is -0.0302. The zero-order valence-corrected chi connectivity index (χ0v) is 21.1. The van der Waals surface area contributed by atoms with Gasteiger partial charge in [-0.2, -0.15) is 11.8 Å². The summed E-state index contributed by atoms with van der Waals surface area (Å²) in [4.78, 5) is 15.2. The number of carbonyl (C=O) groups is 1. The van der Waals surface area contributed by atoms with Crippen molar-refractivity contribution in [2.24, 2.45) is 0 Å². The Morgan fingerprint density at radius 1 is 1.12 bits per heavy atom. The van der Waals surface area contributed by atoms with Crippen molar-refractivity contribution in [2.75, 3.05) is 35.7 Å². The van der Waals surface area contributed by atoms with Crippen LogP contribution in [0.4, 0.5) is 5.69 Å². The quantitative estimate of drug-likeness (QED) is 0.464. The Kier molecular flexibility index (Phi) is 8.11. The Hall–Kier alpha value is -2.29. The lowest BCUT2D eigenvalue weighted by Crippen LogP contribution is -2.32. The van der Waals surface area contributed by atoms with Crippen molar-refractivity contribution < 1.29 is 4.79 Å². The van der Waals surface area contributed by atoms with E-state index in [1.807, 2.05) is 36.0 Å². The molecule has 1 amide bonds. The van der Waals surface area contributed by atoms with Gasteiger partial charge in [0, 0.05) is 48.9 Å². The number of aromatic nitrogens is 3. The zero-order valence-electron chi connectivity index (χ0n) is 19.5. The molecule has 4 rings (SSSR count). The van der Waals surface area contributed by atoms with E-state index in [1.165, 1.54) is 34.4 Å². The van der Waals surface area contributed by atoms with Gasteiger partial charge in [-0.25, -0.2) is 0 Å². The molecule has 0 spiro atoms. The second-order valence-electron chi connectivity index (χ2n) is 8.23. The number of anilines is 1. The number of hydrogen-bond donors (Lipinski definition) is 1. The predicted molar refractivity (Wildman–Crippen MR) is 139 cm³/mol. The van der Waals surface area contributed by atoms with Gasteiger partial charge in [0.2, 0.25) is 5.91 Å². The minimum Gasteiger partial charge on any atom is -0.325 e. The van der Waals surface area contributed by atoms with Gasteiger partial charge >= 0.3 is 0 Å². The van der Waals surface area contributed by atoms with Gasteiger partial charge in [-0.3, -0.25) is 9.69 Å². The Balaban J connectivity index is 1.39. The van der Waals surface area contributed by atoms with Crippen LogP contribution in [-0.2, 0) is 17.9 Å². The molecule has 1 aliphatic rings. The molecule has 1 fully saturated rings. The highest BCUT2D eigenvalue weighted by Gasteiger charge is 2.16. The van der Waals surface area contributed by atoms with Gasteiger partial charge in [-0.05, 0) is 44.0 Å². The molecule has 1 N–H and O–H groups in total. The van der Waals surface area contributed by atoms with Crippen LogP contribution in [0.1, 0.15) is 23.6 Å². The van der Waals surface area contributed by atoms with Crippen LogP contribution in [0.3, 0.4) is 0 Å². The van der Waals surface area contributed by atoms with Crippen LogP contribution in [0, 0.1) is 13.8 Å². The number of thioether (sulfide) groups is 2. The molecule has 3 aromatic rings. The van der Waals surface area contributed by atoms with Gasteiger partial charge in [-0.15, -0.1) is 10.2 Å². The van der Waals surface area contributed by atoms with Gasteiger partial charge in [0.25, 0.3) is 0 Å². The maximum absolute atomic E-state index is 12.8. The topological polar surface area (TPSA) is 63.1 Å². The fraction of sp³-hybridized carbons (Fsp3) is 0.400. The summed E-state index contributed by atoms with van der Waals surface area (Å²) in [7, 11) is 0. The van der Waals surface area contributed by atoms with Crippen molar-refractivity contribution in [3.8, 4) is 11.4 Å². The van der Waals surface area contributed by atoms with Crippen LogP contribution in [0.15, 0.2) is 47.6 Å². The van der Waals surface area contributed by atoms with E-state index in [2.05, 4.69) is 64.0 Å². The maximum Gasteiger partial charge on any atom is 0.234 e. The van der Waals surface area contributed by atoms with E-state index in [4.69, 9.17) is 0 Å². The summed E-state index contributed by atoms with van der Waals surface area (Å²) in [5, 5.41) is 12.6. The molecule has 1 aliphatic heterocycles. The first-order chi connectivity index (χ1) is 16.0. The Labute approximate surface area is 204 Å². The SMILES string of the molecule is CCn1c(SCC(=O)Nc2cccc(CN3CCSCC3)c2C)nnc1-c1cccc(C)c1. The van der Waals surface area contributed by atoms with Crippen molar-refractivity contribution in [3.63, 3.8) is 0 Å². The van der Waals surface area contributed by atoms with Gasteiger partial charge < -0.3 is 9.88 Å². The van der Waals surface area contributed by atoms with Gasteiger partial charge in [-0.1, -0.05) is 47.7 Å². The number of nitrogens with one attached hydrogen (secondary N) is 1. The monoisotopic (exact) mass is 481 g/mol. The molecule has 0 bridgehead atoms. The third-order valence-corrected chi connectivity index (χ3v) is 7.77. The third-order valence-electron chi connectivity index (χ3n) is 5.86. The summed E-state index contributed by atoms with van der Waals surface area (Å²) in [6, 6.07) is 14.4. The minimum absolute atomic E-state index is 0.0302. The third kappa shape index (κ3) is 5.99. The average molecular weight is 482 g/mol. The summed E-state index contributed by atoms with van der Waals surface area (Å²) < 4.78 is 2.06. The molecule has 8 heteroatoms. The molecular weight excluding hydrogens is 450 g/mol. The molecule has 0 aliphatic carbocycles. The van der Waals surface area contributed by atoms with Crippen molar-refractivity contribution in [1.82, 2.24) is 19.7 Å².